The van der Waals surface area contributed by atoms with Crippen LogP contribution in [0.3, 0.4) is 0 Å². The van der Waals surface area contributed by atoms with E-state index in [1.165, 1.54) is 5.56 Å². The van der Waals surface area contributed by atoms with Gasteiger partial charge in [-0.05, 0) is 37.0 Å². The highest BCUT2D eigenvalue weighted by Gasteiger charge is 2.15. The monoisotopic (exact) mass is 291 g/mol. The highest BCUT2D eigenvalue weighted by atomic mass is 16.5. The predicted octanol–water partition coefficient (Wildman–Crippen LogP) is 1.58. The van der Waals surface area contributed by atoms with E-state index in [0.29, 0.717) is 6.10 Å². The molecule has 1 unspecified atom stereocenters. The number of nitrogens with zero attached hydrogens (tertiary/aromatic N) is 1. The number of ether oxygens (including phenoxy) is 2. The Bertz CT molecular complexity index is 457. The van der Waals surface area contributed by atoms with E-state index in [1.807, 2.05) is 12.1 Å². The van der Waals surface area contributed by atoms with Crippen molar-refractivity contribution in [1.29, 1.82) is 0 Å². The van der Waals surface area contributed by atoms with Crippen molar-refractivity contribution in [2.75, 3.05) is 33.9 Å². The Morgan fingerprint density at radius 1 is 1.43 bits per heavy atom. The number of hydrogen-bond acceptors (Lipinski definition) is 3. The molecule has 1 aliphatic rings. The Morgan fingerprint density at radius 3 is 3.05 bits per heavy atom. The third kappa shape index (κ3) is 5.27. The highest BCUT2D eigenvalue weighted by Crippen LogP contribution is 2.12. The molecular formula is C16H25N3O2. The molecule has 1 heterocycles. The highest BCUT2D eigenvalue weighted by molar-refractivity contribution is 5.79. The lowest BCUT2D eigenvalue weighted by Gasteiger charge is -2.15. The molecule has 116 valence electrons. The van der Waals surface area contributed by atoms with Crippen LogP contribution in [0.4, 0.5) is 0 Å². The molecule has 21 heavy (non-hydrogen) atoms. The molecule has 1 aromatic carbocycles. The number of methoxy groups -OCH3 is 1. The van der Waals surface area contributed by atoms with Crippen molar-refractivity contribution in [3.8, 4) is 5.75 Å². The molecule has 2 N–H and O–H groups in total. The van der Waals surface area contributed by atoms with Crippen molar-refractivity contribution in [2.24, 2.45) is 4.99 Å². The lowest BCUT2D eigenvalue weighted by molar-refractivity contribution is 0.114. The van der Waals surface area contributed by atoms with Gasteiger partial charge < -0.3 is 20.1 Å². The second-order valence-electron chi connectivity index (χ2n) is 5.12. The molecular weight excluding hydrogens is 266 g/mol. The van der Waals surface area contributed by atoms with Gasteiger partial charge in [0.25, 0.3) is 0 Å². The normalized spacial score (nSPS) is 18.6. The SMILES string of the molecule is CN=C(NCCc1cccc(OC)c1)NCC1CCCO1. The van der Waals surface area contributed by atoms with Crippen LogP contribution in [0.1, 0.15) is 18.4 Å². The second kappa shape index (κ2) is 8.52. The number of nitrogens with one attached hydrogen (secondary N) is 2. The molecule has 1 aliphatic heterocycles. The lowest BCUT2D eigenvalue weighted by Crippen LogP contribution is -2.41. The van der Waals surface area contributed by atoms with Gasteiger partial charge in [-0.3, -0.25) is 4.99 Å². The van der Waals surface area contributed by atoms with Crippen LogP contribution in [0.2, 0.25) is 0 Å². The van der Waals surface area contributed by atoms with Gasteiger partial charge in [-0.2, -0.15) is 0 Å². The minimum atomic E-state index is 0.321. The molecule has 1 saturated heterocycles. The van der Waals surface area contributed by atoms with E-state index in [1.54, 1.807) is 14.2 Å². The fourth-order valence-corrected chi connectivity index (χ4v) is 2.39. The first-order chi connectivity index (χ1) is 10.3. The molecule has 2 rings (SSSR count). The molecule has 0 spiro atoms. The summed E-state index contributed by atoms with van der Waals surface area (Å²) in [5, 5.41) is 6.63. The molecule has 0 bridgehead atoms. The quantitative estimate of drug-likeness (QED) is 0.617. The zero-order valence-electron chi connectivity index (χ0n) is 12.9. The molecule has 1 aromatic rings. The van der Waals surface area contributed by atoms with E-state index < -0.39 is 0 Å². The van der Waals surface area contributed by atoms with Crippen molar-refractivity contribution in [2.45, 2.75) is 25.4 Å². The third-order valence-corrected chi connectivity index (χ3v) is 3.59. The lowest BCUT2D eigenvalue weighted by atomic mass is 10.1. The van der Waals surface area contributed by atoms with Crippen molar-refractivity contribution in [1.82, 2.24) is 10.6 Å². The summed E-state index contributed by atoms with van der Waals surface area (Å²) in [6, 6.07) is 8.13. The summed E-state index contributed by atoms with van der Waals surface area (Å²) in [6.07, 6.45) is 3.54. The van der Waals surface area contributed by atoms with Crippen LogP contribution in [-0.2, 0) is 11.2 Å². The summed E-state index contributed by atoms with van der Waals surface area (Å²) in [4.78, 5) is 4.23. The van der Waals surface area contributed by atoms with E-state index in [2.05, 4.69) is 27.8 Å². The molecule has 0 amide bonds. The summed E-state index contributed by atoms with van der Waals surface area (Å²) in [7, 11) is 3.48. The van der Waals surface area contributed by atoms with Crippen molar-refractivity contribution >= 4 is 5.96 Å². The predicted molar refractivity (Wildman–Crippen MR) is 85.0 cm³/mol. The van der Waals surface area contributed by atoms with Crippen LogP contribution >= 0.6 is 0 Å². The largest absolute Gasteiger partial charge is 0.497 e. The van der Waals surface area contributed by atoms with E-state index in [-0.39, 0.29) is 0 Å². The van der Waals surface area contributed by atoms with Crippen molar-refractivity contribution in [3.63, 3.8) is 0 Å². The van der Waals surface area contributed by atoms with Gasteiger partial charge in [-0.15, -0.1) is 0 Å². The summed E-state index contributed by atoms with van der Waals surface area (Å²) in [6.45, 7) is 2.53. The van der Waals surface area contributed by atoms with Gasteiger partial charge in [0.1, 0.15) is 5.75 Å². The Kier molecular flexibility index (Phi) is 6.34. The molecule has 0 radical (unpaired) electrons. The molecule has 5 nitrogen and oxygen atoms in total. The van der Waals surface area contributed by atoms with Gasteiger partial charge in [-0.1, -0.05) is 12.1 Å². The maximum Gasteiger partial charge on any atom is 0.191 e. The van der Waals surface area contributed by atoms with Gasteiger partial charge in [0, 0.05) is 26.7 Å². The Hall–Kier alpha value is -1.75. The van der Waals surface area contributed by atoms with Crippen LogP contribution in [-0.4, -0.2) is 45.9 Å². The zero-order valence-corrected chi connectivity index (χ0v) is 12.9. The molecule has 5 heteroatoms. The number of benzene rings is 1. The van der Waals surface area contributed by atoms with Crippen molar-refractivity contribution < 1.29 is 9.47 Å². The maximum absolute atomic E-state index is 5.59. The standard InChI is InChI=1S/C16H25N3O2/c1-17-16(19-12-15-7-4-10-21-15)18-9-8-13-5-3-6-14(11-13)20-2/h3,5-6,11,15H,4,7-10,12H2,1-2H3,(H2,17,18,19). The number of hydrogen-bond donors (Lipinski definition) is 2. The molecule has 0 aliphatic carbocycles. The fraction of sp³-hybridized carbons (Fsp3) is 0.562. The summed E-state index contributed by atoms with van der Waals surface area (Å²) in [5.41, 5.74) is 1.25. The second-order valence-corrected chi connectivity index (χ2v) is 5.12. The van der Waals surface area contributed by atoms with Gasteiger partial charge in [0.15, 0.2) is 5.96 Å². The summed E-state index contributed by atoms with van der Waals surface area (Å²) in [5.74, 6) is 1.72. The molecule has 0 saturated carbocycles. The Labute approximate surface area is 126 Å². The van der Waals surface area contributed by atoms with Crippen LogP contribution in [0.5, 0.6) is 5.75 Å². The first-order valence-electron chi connectivity index (χ1n) is 7.51. The van der Waals surface area contributed by atoms with E-state index in [0.717, 1.165) is 50.7 Å². The fourth-order valence-electron chi connectivity index (χ4n) is 2.39. The third-order valence-electron chi connectivity index (χ3n) is 3.59. The Morgan fingerprint density at radius 2 is 2.33 bits per heavy atom. The minimum absolute atomic E-state index is 0.321. The van der Waals surface area contributed by atoms with Crippen molar-refractivity contribution in [3.05, 3.63) is 29.8 Å². The number of guanidine groups is 1. The van der Waals surface area contributed by atoms with E-state index in [9.17, 15) is 0 Å². The average molecular weight is 291 g/mol. The van der Waals surface area contributed by atoms with Crippen LogP contribution in [0.15, 0.2) is 29.3 Å². The molecule has 1 fully saturated rings. The summed E-state index contributed by atoms with van der Waals surface area (Å²) < 4.78 is 10.8. The smallest absolute Gasteiger partial charge is 0.191 e. The average Bonchev–Trinajstić information content (AvgIpc) is 3.04. The first kappa shape index (κ1) is 15.6. The first-order valence-corrected chi connectivity index (χ1v) is 7.51. The number of aliphatic imine (C=N–C) groups is 1. The zero-order chi connectivity index (χ0) is 14.9. The van der Waals surface area contributed by atoms with Gasteiger partial charge in [-0.25, -0.2) is 0 Å². The molecule has 1 atom stereocenters. The Balaban J connectivity index is 1.70. The van der Waals surface area contributed by atoms with Gasteiger partial charge in [0.2, 0.25) is 0 Å². The van der Waals surface area contributed by atoms with Gasteiger partial charge >= 0.3 is 0 Å². The maximum atomic E-state index is 5.59. The topological polar surface area (TPSA) is 54.9 Å². The van der Waals surface area contributed by atoms with E-state index >= 15 is 0 Å². The number of rotatable bonds is 6. The molecule has 0 aromatic heterocycles. The van der Waals surface area contributed by atoms with Crippen LogP contribution in [0, 0.1) is 0 Å². The van der Waals surface area contributed by atoms with Crippen LogP contribution in [0.25, 0.3) is 0 Å². The van der Waals surface area contributed by atoms with Gasteiger partial charge in [0.05, 0.1) is 13.2 Å². The van der Waals surface area contributed by atoms with E-state index in [4.69, 9.17) is 9.47 Å². The van der Waals surface area contributed by atoms with Crippen LogP contribution < -0.4 is 15.4 Å². The summed E-state index contributed by atoms with van der Waals surface area (Å²) >= 11 is 0. The minimum Gasteiger partial charge on any atom is -0.497 e.